The summed E-state index contributed by atoms with van der Waals surface area (Å²) in [4.78, 5) is 30.8. The second-order valence-corrected chi connectivity index (χ2v) is 7.92. The summed E-state index contributed by atoms with van der Waals surface area (Å²) in [6.45, 7) is 7.64. The molecule has 0 aromatic heterocycles. The van der Waals surface area contributed by atoms with Crippen molar-refractivity contribution < 1.29 is 9.59 Å². The smallest absolute Gasteiger partial charge is 0.254 e. The standard InChI is InChI=1S/C21H24ClN5O2/c1-5-27(20(29)14-10-12-15(22)13-11-14)18(19(28)24-21(2,3)4)16-8-6-7-9-17(16)25-26-23/h6-13,18H,5H2,1-4H3,(H,24,28). The summed E-state index contributed by atoms with van der Waals surface area (Å²) in [5, 5.41) is 7.15. The van der Waals surface area contributed by atoms with Crippen molar-refractivity contribution in [1.29, 1.82) is 0 Å². The fourth-order valence-corrected chi connectivity index (χ4v) is 3.07. The van der Waals surface area contributed by atoms with Crippen LogP contribution in [0.5, 0.6) is 0 Å². The second kappa shape index (κ2) is 9.45. The highest BCUT2D eigenvalue weighted by atomic mass is 35.5. The molecule has 0 saturated carbocycles. The van der Waals surface area contributed by atoms with Crippen LogP contribution >= 0.6 is 11.6 Å². The van der Waals surface area contributed by atoms with Gasteiger partial charge in [0.1, 0.15) is 6.04 Å². The Morgan fingerprint density at radius 1 is 1.17 bits per heavy atom. The van der Waals surface area contributed by atoms with Gasteiger partial charge < -0.3 is 10.2 Å². The normalized spacial score (nSPS) is 11.9. The van der Waals surface area contributed by atoms with Crippen molar-refractivity contribution in [3.8, 4) is 0 Å². The van der Waals surface area contributed by atoms with Gasteiger partial charge in [0.05, 0.1) is 0 Å². The number of rotatable bonds is 6. The number of benzene rings is 2. The molecule has 152 valence electrons. The minimum atomic E-state index is -0.968. The minimum absolute atomic E-state index is 0.272. The third-order valence-electron chi connectivity index (χ3n) is 4.13. The van der Waals surface area contributed by atoms with Gasteiger partial charge in [-0.1, -0.05) is 41.0 Å². The molecule has 0 bridgehead atoms. The maximum absolute atomic E-state index is 13.2. The molecule has 1 N–H and O–H groups in total. The Bertz CT molecular complexity index is 931. The van der Waals surface area contributed by atoms with Crippen molar-refractivity contribution >= 4 is 29.1 Å². The summed E-state index contributed by atoms with van der Waals surface area (Å²) in [6, 6.07) is 12.3. The van der Waals surface area contributed by atoms with Gasteiger partial charge in [-0.2, -0.15) is 0 Å². The number of carbonyl (C=O) groups excluding carboxylic acids is 2. The van der Waals surface area contributed by atoms with E-state index in [1.807, 2.05) is 20.8 Å². The van der Waals surface area contributed by atoms with E-state index in [1.54, 1.807) is 55.5 Å². The Hall–Kier alpha value is -3.02. The predicted molar refractivity (Wildman–Crippen MR) is 114 cm³/mol. The molecule has 2 aromatic carbocycles. The molecule has 2 amide bonds. The minimum Gasteiger partial charge on any atom is -0.349 e. The molecular weight excluding hydrogens is 390 g/mol. The van der Waals surface area contributed by atoms with E-state index in [2.05, 4.69) is 15.3 Å². The highest BCUT2D eigenvalue weighted by molar-refractivity contribution is 6.30. The Kier molecular flexibility index (Phi) is 7.26. The van der Waals surface area contributed by atoms with Gasteiger partial charge in [0.25, 0.3) is 5.91 Å². The molecule has 2 rings (SSSR count). The molecule has 0 radical (unpaired) electrons. The molecule has 7 nitrogen and oxygen atoms in total. The van der Waals surface area contributed by atoms with Crippen molar-refractivity contribution in [2.24, 2.45) is 5.11 Å². The predicted octanol–water partition coefficient (Wildman–Crippen LogP) is 5.40. The van der Waals surface area contributed by atoms with Crippen molar-refractivity contribution in [3.05, 3.63) is 75.1 Å². The summed E-state index contributed by atoms with van der Waals surface area (Å²) in [7, 11) is 0. The van der Waals surface area contributed by atoms with Crippen molar-refractivity contribution in [1.82, 2.24) is 10.2 Å². The molecule has 0 saturated heterocycles. The van der Waals surface area contributed by atoms with Gasteiger partial charge in [0, 0.05) is 33.3 Å². The van der Waals surface area contributed by atoms with E-state index in [9.17, 15) is 9.59 Å². The first-order chi connectivity index (χ1) is 13.7. The molecule has 2 aromatic rings. The topological polar surface area (TPSA) is 98.2 Å². The van der Waals surface area contributed by atoms with Gasteiger partial charge in [0.2, 0.25) is 5.91 Å². The first-order valence-corrected chi connectivity index (χ1v) is 9.58. The monoisotopic (exact) mass is 413 g/mol. The van der Waals surface area contributed by atoms with Crippen LogP contribution in [0.1, 0.15) is 49.7 Å². The zero-order valence-corrected chi connectivity index (χ0v) is 17.6. The van der Waals surface area contributed by atoms with E-state index in [0.717, 1.165) is 0 Å². The molecular formula is C21H24ClN5O2. The maximum atomic E-state index is 13.2. The van der Waals surface area contributed by atoms with Crippen LogP contribution in [0, 0.1) is 0 Å². The van der Waals surface area contributed by atoms with Crippen LogP contribution in [0.3, 0.4) is 0 Å². The largest absolute Gasteiger partial charge is 0.349 e. The van der Waals surface area contributed by atoms with E-state index in [0.29, 0.717) is 21.8 Å². The average molecular weight is 414 g/mol. The second-order valence-electron chi connectivity index (χ2n) is 7.49. The third kappa shape index (κ3) is 5.73. The van der Waals surface area contributed by atoms with Crippen molar-refractivity contribution in [2.45, 2.75) is 39.3 Å². The number of halogens is 1. The van der Waals surface area contributed by atoms with Crippen LogP contribution < -0.4 is 5.32 Å². The molecule has 8 heteroatoms. The molecule has 1 atom stereocenters. The van der Waals surface area contributed by atoms with Gasteiger partial charge in [-0.05, 0) is 63.1 Å². The summed E-state index contributed by atoms with van der Waals surface area (Å²) in [5.74, 6) is -0.684. The Morgan fingerprint density at radius 3 is 2.34 bits per heavy atom. The molecule has 0 spiro atoms. The van der Waals surface area contributed by atoms with Gasteiger partial charge in [-0.3, -0.25) is 9.59 Å². The lowest BCUT2D eigenvalue weighted by atomic mass is 9.99. The Morgan fingerprint density at radius 2 is 1.79 bits per heavy atom. The van der Waals surface area contributed by atoms with Crippen LogP contribution in [-0.4, -0.2) is 28.8 Å². The summed E-state index contributed by atoms with van der Waals surface area (Å²) in [5.41, 5.74) is 9.58. The quantitative estimate of drug-likeness (QED) is 0.389. The lowest BCUT2D eigenvalue weighted by Gasteiger charge is -2.33. The lowest BCUT2D eigenvalue weighted by molar-refractivity contribution is -0.127. The van der Waals surface area contributed by atoms with Crippen molar-refractivity contribution in [3.63, 3.8) is 0 Å². The van der Waals surface area contributed by atoms with Gasteiger partial charge >= 0.3 is 0 Å². The molecule has 0 aliphatic rings. The first kappa shape index (κ1) is 22.3. The Balaban J connectivity index is 2.58. The average Bonchev–Trinajstić information content (AvgIpc) is 2.65. The van der Waals surface area contributed by atoms with Gasteiger partial charge in [0.15, 0.2) is 0 Å². The molecule has 29 heavy (non-hydrogen) atoms. The Labute approximate surface area is 175 Å². The van der Waals surface area contributed by atoms with E-state index in [1.165, 1.54) is 4.90 Å². The summed E-state index contributed by atoms with van der Waals surface area (Å²) in [6.07, 6.45) is 0. The van der Waals surface area contributed by atoms with E-state index in [4.69, 9.17) is 17.1 Å². The molecule has 0 aliphatic heterocycles. The zero-order valence-electron chi connectivity index (χ0n) is 16.9. The van der Waals surface area contributed by atoms with E-state index in [-0.39, 0.29) is 18.4 Å². The number of likely N-dealkylation sites (N-methyl/N-ethyl adjacent to an activating group) is 1. The third-order valence-corrected chi connectivity index (χ3v) is 4.39. The fourth-order valence-electron chi connectivity index (χ4n) is 2.95. The van der Waals surface area contributed by atoms with Crippen LogP contribution in [-0.2, 0) is 4.79 Å². The number of hydrogen-bond acceptors (Lipinski definition) is 3. The number of nitrogens with one attached hydrogen (secondary N) is 1. The number of carbonyl (C=O) groups is 2. The van der Waals surface area contributed by atoms with Crippen LogP contribution in [0.25, 0.3) is 10.4 Å². The highest BCUT2D eigenvalue weighted by Gasteiger charge is 2.34. The van der Waals surface area contributed by atoms with Crippen molar-refractivity contribution in [2.75, 3.05) is 6.54 Å². The fraction of sp³-hybridized carbons (Fsp3) is 0.333. The number of hydrogen-bond donors (Lipinski definition) is 1. The summed E-state index contributed by atoms with van der Waals surface area (Å²) < 4.78 is 0. The number of amides is 2. The molecule has 0 fully saturated rings. The molecule has 0 aliphatic carbocycles. The molecule has 1 unspecified atom stereocenters. The van der Waals surface area contributed by atoms with Crippen LogP contribution in [0.15, 0.2) is 53.6 Å². The van der Waals surface area contributed by atoms with Gasteiger partial charge in [-0.25, -0.2) is 0 Å². The zero-order chi connectivity index (χ0) is 21.6. The van der Waals surface area contributed by atoms with E-state index < -0.39 is 11.6 Å². The summed E-state index contributed by atoms with van der Waals surface area (Å²) >= 11 is 5.93. The number of nitrogens with zero attached hydrogens (tertiary/aromatic N) is 4. The van der Waals surface area contributed by atoms with Crippen LogP contribution in [0.2, 0.25) is 5.02 Å². The van der Waals surface area contributed by atoms with Gasteiger partial charge in [-0.15, -0.1) is 0 Å². The van der Waals surface area contributed by atoms with Crippen LogP contribution in [0.4, 0.5) is 5.69 Å². The van der Waals surface area contributed by atoms with E-state index >= 15 is 0 Å². The lowest BCUT2D eigenvalue weighted by Crippen LogP contribution is -2.49. The highest BCUT2D eigenvalue weighted by Crippen LogP contribution is 2.32. The number of azide groups is 1. The SMILES string of the molecule is CCN(C(=O)c1ccc(Cl)cc1)C(C(=O)NC(C)(C)C)c1ccccc1N=[N+]=[N-]. The first-order valence-electron chi connectivity index (χ1n) is 9.20. The molecule has 0 heterocycles. The maximum Gasteiger partial charge on any atom is 0.254 e.